The lowest BCUT2D eigenvalue weighted by Gasteiger charge is -2.12. The number of ether oxygens (including phenoxy) is 1. The molecule has 1 aromatic rings. The standard InChI is InChI=1S/C15H20BrN3O3S/c1-3-5-13(20)17-15(23)19-18-14(21)9-22-12-7-6-10(4-2)8-11(12)16/h6-8H,3-5,9H2,1-2H3,(H,18,21)(H2,17,19,20,23). The molecule has 0 atom stereocenters. The second-order valence-electron chi connectivity index (χ2n) is 4.71. The number of halogens is 1. The molecule has 0 spiro atoms. The van der Waals surface area contributed by atoms with Crippen molar-refractivity contribution in [3.8, 4) is 5.75 Å². The van der Waals surface area contributed by atoms with Crippen molar-refractivity contribution in [1.82, 2.24) is 16.2 Å². The van der Waals surface area contributed by atoms with E-state index in [1.165, 1.54) is 5.56 Å². The van der Waals surface area contributed by atoms with E-state index in [9.17, 15) is 9.59 Å². The van der Waals surface area contributed by atoms with Gasteiger partial charge >= 0.3 is 0 Å². The van der Waals surface area contributed by atoms with Gasteiger partial charge in [0.2, 0.25) is 5.91 Å². The molecule has 1 rings (SSSR count). The number of hydrazine groups is 1. The van der Waals surface area contributed by atoms with Gasteiger partial charge in [0.1, 0.15) is 5.75 Å². The third-order valence-corrected chi connectivity index (χ3v) is 3.63. The first kappa shape index (κ1) is 19.4. The van der Waals surface area contributed by atoms with Crippen LogP contribution in [0, 0.1) is 0 Å². The quantitative estimate of drug-likeness (QED) is 0.502. The maximum Gasteiger partial charge on any atom is 0.276 e. The number of hydrogen-bond acceptors (Lipinski definition) is 4. The molecule has 126 valence electrons. The fourth-order valence-corrected chi connectivity index (χ4v) is 2.34. The molecule has 0 aliphatic carbocycles. The number of amides is 2. The van der Waals surface area contributed by atoms with Gasteiger partial charge in [-0.1, -0.05) is 19.9 Å². The van der Waals surface area contributed by atoms with Gasteiger partial charge in [0, 0.05) is 6.42 Å². The van der Waals surface area contributed by atoms with Gasteiger partial charge in [0.25, 0.3) is 5.91 Å². The summed E-state index contributed by atoms with van der Waals surface area (Å²) in [6, 6.07) is 5.69. The van der Waals surface area contributed by atoms with Crippen molar-refractivity contribution < 1.29 is 14.3 Å². The Morgan fingerprint density at radius 3 is 2.57 bits per heavy atom. The number of rotatable bonds is 6. The molecule has 6 nitrogen and oxygen atoms in total. The second kappa shape index (κ2) is 10.2. The van der Waals surface area contributed by atoms with Crippen LogP contribution >= 0.6 is 28.1 Å². The van der Waals surface area contributed by atoms with Gasteiger partial charge in [-0.2, -0.15) is 0 Å². The van der Waals surface area contributed by atoms with Crippen molar-refractivity contribution in [2.24, 2.45) is 0 Å². The van der Waals surface area contributed by atoms with Crippen LogP contribution in [0.2, 0.25) is 0 Å². The van der Waals surface area contributed by atoms with Gasteiger partial charge in [0.05, 0.1) is 4.47 Å². The fraction of sp³-hybridized carbons (Fsp3) is 0.400. The topological polar surface area (TPSA) is 79.5 Å². The molecule has 0 aliphatic rings. The SMILES string of the molecule is CCCC(=O)NC(=S)NNC(=O)COc1ccc(CC)cc1Br. The highest BCUT2D eigenvalue weighted by Crippen LogP contribution is 2.26. The predicted octanol–water partition coefficient (Wildman–Crippen LogP) is 2.21. The van der Waals surface area contributed by atoms with Crippen molar-refractivity contribution >= 4 is 45.1 Å². The summed E-state index contributed by atoms with van der Waals surface area (Å²) in [7, 11) is 0. The third-order valence-electron chi connectivity index (χ3n) is 2.81. The van der Waals surface area contributed by atoms with E-state index in [2.05, 4.69) is 39.0 Å². The minimum Gasteiger partial charge on any atom is -0.483 e. The van der Waals surface area contributed by atoms with E-state index in [1.54, 1.807) is 6.07 Å². The maximum absolute atomic E-state index is 11.7. The van der Waals surface area contributed by atoms with Gasteiger partial charge in [0.15, 0.2) is 11.7 Å². The normalized spacial score (nSPS) is 9.87. The molecule has 2 amide bonds. The van der Waals surface area contributed by atoms with E-state index >= 15 is 0 Å². The summed E-state index contributed by atoms with van der Waals surface area (Å²) in [4.78, 5) is 23.0. The van der Waals surface area contributed by atoms with Crippen LogP contribution in [0.25, 0.3) is 0 Å². The monoisotopic (exact) mass is 401 g/mol. The molecule has 0 bridgehead atoms. The van der Waals surface area contributed by atoms with Crippen molar-refractivity contribution in [1.29, 1.82) is 0 Å². The Morgan fingerprint density at radius 1 is 1.22 bits per heavy atom. The first-order valence-electron chi connectivity index (χ1n) is 7.26. The molecule has 0 radical (unpaired) electrons. The summed E-state index contributed by atoms with van der Waals surface area (Å²) in [5.74, 6) is -0.0322. The fourth-order valence-electron chi connectivity index (χ4n) is 1.63. The molecular weight excluding hydrogens is 382 g/mol. The van der Waals surface area contributed by atoms with Crippen LogP contribution in [0.3, 0.4) is 0 Å². The van der Waals surface area contributed by atoms with Gasteiger partial charge in [-0.05, 0) is 58.7 Å². The summed E-state index contributed by atoms with van der Waals surface area (Å²) in [5, 5.41) is 2.50. The Morgan fingerprint density at radius 2 is 1.96 bits per heavy atom. The van der Waals surface area contributed by atoms with E-state index in [1.807, 2.05) is 19.1 Å². The molecule has 0 unspecified atom stereocenters. The van der Waals surface area contributed by atoms with Gasteiger partial charge in [-0.3, -0.25) is 20.4 Å². The lowest BCUT2D eigenvalue weighted by molar-refractivity contribution is -0.124. The van der Waals surface area contributed by atoms with Gasteiger partial charge in [-0.25, -0.2) is 0 Å². The van der Waals surface area contributed by atoms with Crippen LogP contribution in [-0.2, 0) is 16.0 Å². The maximum atomic E-state index is 11.7. The Kier molecular flexibility index (Phi) is 8.57. The lowest BCUT2D eigenvalue weighted by atomic mass is 10.2. The van der Waals surface area contributed by atoms with Crippen molar-refractivity contribution in [3.63, 3.8) is 0 Å². The highest BCUT2D eigenvalue weighted by atomic mass is 79.9. The van der Waals surface area contributed by atoms with Crippen LogP contribution in [-0.4, -0.2) is 23.5 Å². The van der Waals surface area contributed by atoms with Crippen LogP contribution < -0.4 is 20.9 Å². The Labute approximate surface area is 149 Å². The molecule has 8 heteroatoms. The first-order chi connectivity index (χ1) is 11.0. The van der Waals surface area contributed by atoms with Crippen LogP contribution in [0.5, 0.6) is 5.75 Å². The van der Waals surface area contributed by atoms with Crippen LogP contribution in [0.15, 0.2) is 22.7 Å². The summed E-state index contributed by atoms with van der Waals surface area (Å²) >= 11 is 8.28. The molecule has 3 N–H and O–H groups in total. The summed E-state index contributed by atoms with van der Waals surface area (Å²) < 4.78 is 6.21. The number of benzene rings is 1. The zero-order valence-corrected chi connectivity index (χ0v) is 15.5. The highest BCUT2D eigenvalue weighted by Gasteiger charge is 2.08. The Bertz CT molecular complexity index is 581. The average Bonchev–Trinajstić information content (AvgIpc) is 2.51. The molecular formula is C15H20BrN3O3S. The van der Waals surface area contributed by atoms with E-state index in [0.29, 0.717) is 12.2 Å². The molecule has 1 aromatic carbocycles. The first-order valence-corrected chi connectivity index (χ1v) is 8.46. The number of aryl methyl sites for hydroxylation is 1. The van der Waals surface area contributed by atoms with E-state index in [-0.39, 0.29) is 17.6 Å². The van der Waals surface area contributed by atoms with Crippen molar-refractivity contribution in [3.05, 3.63) is 28.2 Å². The second-order valence-corrected chi connectivity index (χ2v) is 5.97. The molecule has 0 saturated carbocycles. The lowest BCUT2D eigenvalue weighted by Crippen LogP contribution is -2.49. The molecule has 0 fully saturated rings. The van der Waals surface area contributed by atoms with Crippen molar-refractivity contribution in [2.75, 3.05) is 6.61 Å². The average molecular weight is 402 g/mol. The molecule has 0 aliphatic heterocycles. The Balaban J connectivity index is 2.34. The summed E-state index contributed by atoms with van der Waals surface area (Å²) in [5.41, 5.74) is 5.98. The Hall–Kier alpha value is -1.67. The van der Waals surface area contributed by atoms with E-state index in [0.717, 1.165) is 17.3 Å². The number of carbonyl (C=O) groups excluding carboxylic acids is 2. The summed E-state index contributed by atoms with van der Waals surface area (Å²) in [6.45, 7) is 3.77. The van der Waals surface area contributed by atoms with Gasteiger partial charge < -0.3 is 10.1 Å². The highest BCUT2D eigenvalue weighted by molar-refractivity contribution is 9.10. The zero-order valence-electron chi connectivity index (χ0n) is 13.1. The number of nitrogens with one attached hydrogen (secondary N) is 3. The summed E-state index contributed by atoms with van der Waals surface area (Å²) in [6.07, 6.45) is 2.02. The largest absolute Gasteiger partial charge is 0.483 e. The third kappa shape index (κ3) is 7.43. The van der Waals surface area contributed by atoms with Crippen LogP contribution in [0.1, 0.15) is 32.3 Å². The smallest absolute Gasteiger partial charge is 0.276 e. The van der Waals surface area contributed by atoms with Gasteiger partial charge in [-0.15, -0.1) is 0 Å². The molecule has 23 heavy (non-hydrogen) atoms. The minimum atomic E-state index is -0.413. The van der Waals surface area contributed by atoms with E-state index < -0.39 is 5.91 Å². The van der Waals surface area contributed by atoms with E-state index in [4.69, 9.17) is 17.0 Å². The molecule has 0 saturated heterocycles. The number of thiocarbonyl (C=S) groups is 1. The zero-order chi connectivity index (χ0) is 17.2. The predicted molar refractivity (Wildman–Crippen MR) is 95.9 cm³/mol. The number of carbonyl (C=O) groups is 2. The van der Waals surface area contributed by atoms with Crippen LogP contribution in [0.4, 0.5) is 0 Å². The minimum absolute atomic E-state index is 0.0466. The number of hydrogen-bond donors (Lipinski definition) is 3. The molecule has 0 aromatic heterocycles. The molecule has 0 heterocycles. The van der Waals surface area contributed by atoms with Crippen molar-refractivity contribution in [2.45, 2.75) is 33.1 Å².